The van der Waals surface area contributed by atoms with E-state index in [4.69, 9.17) is 10.9 Å². The molecule has 0 saturated heterocycles. The van der Waals surface area contributed by atoms with Crippen LogP contribution < -0.4 is 5.73 Å². The van der Waals surface area contributed by atoms with E-state index in [1.807, 2.05) is 27.7 Å². The molecule has 0 radical (unpaired) electrons. The van der Waals surface area contributed by atoms with Gasteiger partial charge in [0.25, 0.3) is 0 Å². The minimum Gasteiger partial charge on any atom is -0.409 e. The Morgan fingerprint density at radius 1 is 1.10 bits per heavy atom. The molecule has 0 spiro atoms. The van der Waals surface area contributed by atoms with E-state index in [0.29, 0.717) is 15.7 Å². The average Bonchev–Trinajstić information content (AvgIpc) is 2.43. The lowest BCUT2D eigenvalue weighted by Crippen LogP contribution is -2.13. The highest BCUT2D eigenvalue weighted by atomic mass is 32.2. The maximum atomic E-state index is 8.77. The van der Waals surface area contributed by atoms with Crippen molar-refractivity contribution >= 4 is 17.6 Å². The van der Waals surface area contributed by atoms with Gasteiger partial charge in [0, 0.05) is 22.6 Å². The van der Waals surface area contributed by atoms with E-state index in [-0.39, 0.29) is 5.84 Å². The average molecular weight is 303 g/mol. The fraction of sp³-hybridized carbons (Fsp3) is 0.286. The van der Waals surface area contributed by atoms with Crippen LogP contribution in [0.15, 0.2) is 27.5 Å². The van der Waals surface area contributed by atoms with E-state index in [0.717, 1.165) is 22.6 Å². The second kappa shape index (κ2) is 6.09. The lowest BCUT2D eigenvalue weighted by atomic mass is 10.2. The summed E-state index contributed by atoms with van der Waals surface area (Å²) in [7, 11) is 0. The smallest absolute Gasteiger partial charge is 0.194 e. The number of pyridine rings is 1. The van der Waals surface area contributed by atoms with Crippen LogP contribution in [0.1, 0.15) is 28.2 Å². The number of rotatable bonds is 3. The molecule has 2 aromatic rings. The third-order valence-corrected chi connectivity index (χ3v) is 3.92. The number of oxime groups is 1. The van der Waals surface area contributed by atoms with Gasteiger partial charge in [-0.15, -0.1) is 0 Å². The lowest BCUT2D eigenvalue weighted by Gasteiger charge is -2.08. The quantitative estimate of drug-likeness (QED) is 0.297. The third-order valence-electron chi connectivity index (χ3n) is 3.14. The molecule has 2 aromatic heterocycles. The summed E-state index contributed by atoms with van der Waals surface area (Å²) in [5, 5.41) is 13.1. The number of hydrogen-bond acceptors (Lipinski definition) is 6. The van der Waals surface area contributed by atoms with Gasteiger partial charge in [0.15, 0.2) is 11.0 Å². The second-order valence-corrected chi connectivity index (χ2v) is 5.71. The molecule has 110 valence electrons. The first-order chi connectivity index (χ1) is 9.90. The number of aryl methyl sites for hydroxylation is 3. The van der Waals surface area contributed by atoms with Crippen molar-refractivity contribution in [3.05, 3.63) is 40.3 Å². The van der Waals surface area contributed by atoms with Crippen LogP contribution in [0.3, 0.4) is 0 Å². The van der Waals surface area contributed by atoms with Gasteiger partial charge in [0.1, 0.15) is 5.03 Å². The van der Waals surface area contributed by atoms with Crippen molar-refractivity contribution in [2.24, 2.45) is 10.9 Å². The van der Waals surface area contributed by atoms with E-state index < -0.39 is 0 Å². The Bertz CT molecular complexity index is 692. The third kappa shape index (κ3) is 3.49. The minimum atomic E-state index is 0.0551. The standard InChI is InChI=1S/C14H17N5OS/c1-7-5-11(13(15)19-20)6-12(16-7)21-14-17-9(3)8(2)10(4)18-14/h5-6,20H,1-4H3,(H2,15,19). The number of aromatic nitrogens is 3. The van der Waals surface area contributed by atoms with Crippen LogP contribution in [0.25, 0.3) is 0 Å². The van der Waals surface area contributed by atoms with Crippen molar-refractivity contribution in [1.29, 1.82) is 0 Å². The van der Waals surface area contributed by atoms with Crippen molar-refractivity contribution in [3.63, 3.8) is 0 Å². The van der Waals surface area contributed by atoms with Gasteiger partial charge in [-0.25, -0.2) is 15.0 Å². The van der Waals surface area contributed by atoms with E-state index in [1.54, 1.807) is 12.1 Å². The predicted molar refractivity (Wildman–Crippen MR) is 81.9 cm³/mol. The van der Waals surface area contributed by atoms with Crippen LogP contribution in [0.4, 0.5) is 0 Å². The molecule has 6 nitrogen and oxygen atoms in total. The van der Waals surface area contributed by atoms with Crippen LogP contribution in [0.5, 0.6) is 0 Å². The van der Waals surface area contributed by atoms with E-state index in [1.165, 1.54) is 11.8 Å². The molecule has 2 rings (SSSR count). The zero-order valence-corrected chi connectivity index (χ0v) is 13.2. The number of hydrogen-bond donors (Lipinski definition) is 2. The topological polar surface area (TPSA) is 97.3 Å². The summed E-state index contributed by atoms with van der Waals surface area (Å²) >= 11 is 1.36. The highest BCUT2D eigenvalue weighted by molar-refractivity contribution is 7.99. The van der Waals surface area contributed by atoms with Gasteiger partial charge in [-0.05, 0) is 57.2 Å². The van der Waals surface area contributed by atoms with E-state index >= 15 is 0 Å². The molecule has 0 atom stereocenters. The summed E-state index contributed by atoms with van der Waals surface area (Å²) in [5.74, 6) is 0.0551. The maximum Gasteiger partial charge on any atom is 0.194 e. The monoisotopic (exact) mass is 303 g/mol. The fourth-order valence-electron chi connectivity index (χ4n) is 1.78. The van der Waals surface area contributed by atoms with Crippen LogP contribution in [0, 0.1) is 27.7 Å². The Kier molecular flexibility index (Phi) is 4.42. The Hall–Kier alpha value is -2.15. The van der Waals surface area contributed by atoms with Crippen LogP contribution >= 0.6 is 11.8 Å². The van der Waals surface area contributed by atoms with E-state index in [2.05, 4.69) is 20.1 Å². The molecule has 2 heterocycles. The molecule has 0 saturated carbocycles. The molecule has 0 bridgehead atoms. The van der Waals surface area contributed by atoms with Crippen molar-refractivity contribution in [2.75, 3.05) is 0 Å². The zero-order chi connectivity index (χ0) is 15.6. The first kappa shape index (κ1) is 15.2. The van der Waals surface area contributed by atoms with Crippen molar-refractivity contribution in [1.82, 2.24) is 15.0 Å². The molecule has 3 N–H and O–H groups in total. The highest BCUT2D eigenvalue weighted by Crippen LogP contribution is 2.25. The molecule has 0 amide bonds. The van der Waals surface area contributed by atoms with Crippen LogP contribution in [0.2, 0.25) is 0 Å². The number of nitrogens with two attached hydrogens (primary N) is 1. The number of nitrogens with zero attached hydrogens (tertiary/aromatic N) is 4. The SMILES string of the molecule is Cc1cc(/C(N)=N/O)cc(Sc2nc(C)c(C)c(C)n2)n1. The summed E-state index contributed by atoms with van der Waals surface area (Å²) in [5.41, 5.74) is 10.0. The first-order valence-electron chi connectivity index (χ1n) is 6.37. The van der Waals surface area contributed by atoms with Gasteiger partial charge in [-0.1, -0.05) is 5.16 Å². The van der Waals surface area contributed by atoms with Gasteiger partial charge < -0.3 is 10.9 Å². The van der Waals surface area contributed by atoms with Gasteiger partial charge in [0.05, 0.1) is 0 Å². The summed E-state index contributed by atoms with van der Waals surface area (Å²) in [6.45, 7) is 7.77. The maximum absolute atomic E-state index is 8.77. The largest absolute Gasteiger partial charge is 0.409 e. The van der Waals surface area contributed by atoms with Crippen molar-refractivity contribution < 1.29 is 5.21 Å². The Morgan fingerprint density at radius 2 is 1.71 bits per heavy atom. The molecule has 7 heteroatoms. The minimum absolute atomic E-state index is 0.0551. The van der Waals surface area contributed by atoms with Gasteiger partial charge in [-0.2, -0.15) is 0 Å². The summed E-state index contributed by atoms with van der Waals surface area (Å²) in [4.78, 5) is 13.3. The zero-order valence-electron chi connectivity index (χ0n) is 12.4. The lowest BCUT2D eigenvalue weighted by molar-refractivity contribution is 0.318. The molecule has 0 aromatic carbocycles. The van der Waals surface area contributed by atoms with Crippen LogP contribution in [-0.4, -0.2) is 26.0 Å². The molecule has 0 unspecified atom stereocenters. The Balaban J connectivity index is 2.38. The molecule has 0 aliphatic carbocycles. The van der Waals surface area contributed by atoms with E-state index in [9.17, 15) is 0 Å². The summed E-state index contributed by atoms with van der Waals surface area (Å²) in [6.07, 6.45) is 0. The van der Waals surface area contributed by atoms with Crippen molar-refractivity contribution in [2.45, 2.75) is 37.9 Å². The highest BCUT2D eigenvalue weighted by Gasteiger charge is 2.10. The normalized spacial score (nSPS) is 11.7. The van der Waals surface area contributed by atoms with Gasteiger partial charge in [-0.3, -0.25) is 0 Å². The first-order valence-corrected chi connectivity index (χ1v) is 7.18. The summed E-state index contributed by atoms with van der Waals surface area (Å²) < 4.78 is 0. The fourth-order valence-corrected chi connectivity index (χ4v) is 2.70. The Labute approximate surface area is 127 Å². The van der Waals surface area contributed by atoms with Crippen LogP contribution in [-0.2, 0) is 0 Å². The molecular formula is C14H17N5OS. The second-order valence-electron chi connectivity index (χ2n) is 4.72. The van der Waals surface area contributed by atoms with Gasteiger partial charge in [0.2, 0.25) is 0 Å². The summed E-state index contributed by atoms with van der Waals surface area (Å²) in [6, 6.07) is 3.51. The molecule has 0 aliphatic heterocycles. The molecule has 0 fully saturated rings. The van der Waals surface area contributed by atoms with Crippen molar-refractivity contribution in [3.8, 4) is 0 Å². The Morgan fingerprint density at radius 3 is 2.29 bits per heavy atom. The van der Waals surface area contributed by atoms with Gasteiger partial charge >= 0.3 is 0 Å². The predicted octanol–water partition coefficient (Wildman–Crippen LogP) is 2.35. The molecular weight excluding hydrogens is 286 g/mol. The molecule has 0 aliphatic rings. The number of amidine groups is 1. The molecule has 21 heavy (non-hydrogen) atoms.